The number of ether oxygens (including phenoxy) is 1. The number of nitrogens with zero attached hydrogens (tertiary/aromatic N) is 1. The van der Waals surface area contributed by atoms with Crippen LogP contribution in [0, 0.1) is 0 Å². The lowest BCUT2D eigenvalue weighted by Gasteiger charge is -2.13. The van der Waals surface area contributed by atoms with Crippen LogP contribution in [-0.4, -0.2) is 4.98 Å². The third-order valence-corrected chi connectivity index (χ3v) is 2.30. The van der Waals surface area contributed by atoms with Crippen molar-refractivity contribution in [1.29, 1.82) is 0 Å². The average molecular weight is 269 g/mol. The molecule has 0 aliphatic carbocycles. The van der Waals surface area contributed by atoms with Gasteiger partial charge in [0.1, 0.15) is 17.3 Å². The van der Waals surface area contributed by atoms with E-state index in [-0.39, 0.29) is 11.5 Å². The molecule has 7 heteroatoms. The fourth-order valence-electron chi connectivity index (χ4n) is 1.47. The third-order valence-electron chi connectivity index (χ3n) is 2.30. The minimum absolute atomic E-state index is 0.208. The maximum Gasteiger partial charge on any atom is 0.419 e. The molecule has 0 unspecified atom stereocenters. The van der Waals surface area contributed by atoms with E-state index in [1.54, 1.807) is 0 Å². The van der Waals surface area contributed by atoms with Crippen LogP contribution in [0.15, 0.2) is 42.6 Å². The van der Waals surface area contributed by atoms with Crippen LogP contribution >= 0.6 is 0 Å². The predicted octanol–water partition coefficient (Wildman–Crippen LogP) is 3.18. The summed E-state index contributed by atoms with van der Waals surface area (Å²) in [6.07, 6.45) is -3.10. The van der Waals surface area contributed by atoms with Gasteiger partial charge >= 0.3 is 6.18 Å². The van der Waals surface area contributed by atoms with Crippen LogP contribution in [0.25, 0.3) is 0 Å². The Balaban J connectivity index is 2.33. The quantitative estimate of drug-likeness (QED) is 0.663. The van der Waals surface area contributed by atoms with E-state index in [4.69, 9.17) is 10.6 Å². The number of rotatable bonds is 3. The van der Waals surface area contributed by atoms with Gasteiger partial charge in [-0.3, -0.25) is 0 Å². The van der Waals surface area contributed by atoms with Crippen LogP contribution < -0.4 is 16.0 Å². The lowest BCUT2D eigenvalue weighted by atomic mass is 10.2. The van der Waals surface area contributed by atoms with E-state index in [1.165, 1.54) is 36.5 Å². The Morgan fingerprint density at radius 1 is 1.16 bits per heavy atom. The van der Waals surface area contributed by atoms with Crippen LogP contribution in [0.1, 0.15) is 5.56 Å². The summed E-state index contributed by atoms with van der Waals surface area (Å²) in [5, 5.41) is 0. The minimum Gasteiger partial charge on any atom is -0.457 e. The number of nitrogens with one attached hydrogen (secondary N) is 1. The highest BCUT2D eigenvalue weighted by atomic mass is 19.4. The summed E-state index contributed by atoms with van der Waals surface area (Å²) in [5.74, 6) is 5.39. The summed E-state index contributed by atoms with van der Waals surface area (Å²) < 4.78 is 43.5. The molecule has 0 saturated carbocycles. The zero-order valence-corrected chi connectivity index (χ0v) is 9.61. The zero-order chi connectivity index (χ0) is 13.9. The van der Waals surface area contributed by atoms with Gasteiger partial charge in [-0.2, -0.15) is 13.2 Å². The molecule has 0 amide bonds. The van der Waals surface area contributed by atoms with Crippen LogP contribution in [0.3, 0.4) is 0 Å². The second-order valence-corrected chi connectivity index (χ2v) is 3.62. The molecule has 1 heterocycles. The highest BCUT2D eigenvalue weighted by molar-refractivity contribution is 5.43. The van der Waals surface area contributed by atoms with Crippen LogP contribution in [0.4, 0.5) is 19.0 Å². The second-order valence-electron chi connectivity index (χ2n) is 3.62. The highest BCUT2D eigenvalue weighted by Crippen LogP contribution is 2.37. The van der Waals surface area contributed by atoms with E-state index in [0.29, 0.717) is 5.82 Å². The summed E-state index contributed by atoms with van der Waals surface area (Å²) in [5.41, 5.74) is 1.45. The Labute approximate surface area is 107 Å². The van der Waals surface area contributed by atoms with E-state index < -0.39 is 11.7 Å². The number of alkyl halides is 3. The molecule has 3 N–H and O–H groups in total. The number of hydrogen-bond donors (Lipinski definition) is 2. The average Bonchev–Trinajstić information content (AvgIpc) is 2.38. The van der Waals surface area contributed by atoms with Gasteiger partial charge in [0.05, 0.1) is 5.56 Å². The number of nitrogens with two attached hydrogens (primary N) is 1. The first-order chi connectivity index (χ1) is 9.00. The summed E-state index contributed by atoms with van der Waals surface area (Å²) >= 11 is 0. The molecule has 0 atom stereocenters. The SMILES string of the molecule is NNc1cc(Oc2ccccc2C(F)(F)F)ccn1. The Morgan fingerprint density at radius 3 is 2.58 bits per heavy atom. The van der Waals surface area contributed by atoms with E-state index in [0.717, 1.165) is 6.07 Å². The van der Waals surface area contributed by atoms with Gasteiger partial charge in [-0.25, -0.2) is 10.8 Å². The van der Waals surface area contributed by atoms with Crippen molar-refractivity contribution >= 4 is 5.82 Å². The molecule has 0 aliphatic heterocycles. The van der Waals surface area contributed by atoms with Crippen molar-refractivity contribution in [1.82, 2.24) is 4.98 Å². The predicted molar refractivity (Wildman–Crippen MR) is 63.6 cm³/mol. The number of aromatic nitrogens is 1. The van der Waals surface area contributed by atoms with Crippen LogP contribution in [0.5, 0.6) is 11.5 Å². The Kier molecular flexibility index (Phi) is 3.57. The number of para-hydroxylation sites is 1. The molecule has 100 valence electrons. The molecule has 0 radical (unpaired) electrons. The van der Waals surface area contributed by atoms with Crippen molar-refractivity contribution in [2.24, 2.45) is 5.84 Å². The van der Waals surface area contributed by atoms with E-state index >= 15 is 0 Å². The number of benzene rings is 1. The van der Waals surface area contributed by atoms with E-state index in [2.05, 4.69) is 10.4 Å². The van der Waals surface area contributed by atoms with E-state index in [9.17, 15) is 13.2 Å². The molecule has 1 aromatic heterocycles. The number of nitrogen functional groups attached to an aromatic ring is 1. The molecule has 4 nitrogen and oxygen atoms in total. The van der Waals surface area contributed by atoms with Gasteiger partial charge in [-0.15, -0.1) is 0 Å². The molecule has 0 spiro atoms. The van der Waals surface area contributed by atoms with Gasteiger partial charge in [-0.1, -0.05) is 12.1 Å². The summed E-state index contributed by atoms with van der Waals surface area (Å²) in [6.45, 7) is 0. The van der Waals surface area contributed by atoms with Crippen molar-refractivity contribution in [3.05, 3.63) is 48.2 Å². The Hall–Kier alpha value is -2.28. The number of halogens is 3. The van der Waals surface area contributed by atoms with Crippen LogP contribution in [-0.2, 0) is 6.18 Å². The van der Waals surface area contributed by atoms with E-state index in [1.807, 2.05) is 0 Å². The number of pyridine rings is 1. The molecular formula is C12H10F3N3O. The van der Waals surface area contributed by atoms with Crippen LogP contribution in [0.2, 0.25) is 0 Å². The first-order valence-corrected chi connectivity index (χ1v) is 5.27. The summed E-state index contributed by atoms with van der Waals surface area (Å²) in [6, 6.07) is 7.81. The molecule has 0 fully saturated rings. The number of anilines is 1. The fraction of sp³-hybridized carbons (Fsp3) is 0.0833. The Morgan fingerprint density at radius 2 is 1.89 bits per heavy atom. The smallest absolute Gasteiger partial charge is 0.419 e. The van der Waals surface area contributed by atoms with Crippen molar-refractivity contribution < 1.29 is 17.9 Å². The normalized spacial score (nSPS) is 11.2. The standard InChI is InChI=1S/C12H10F3N3O/c13-12(14,15)9-3-1-2-4-10(9)19-8-5-6-17-11(7-8)18-16/h1-7H,16H2,(H,17,18). The van der Waals surface area contributed by atoms with Crippen molar-refractivity contribution in [3.8, 4) is 11.5 Å². The molecule has 0 bridgehead atoms. The third kappa shape index (κ3) is 3.14. The minimum atomic E-state index is -4.47. The molecule has 19 heavy (non-hydrogen) atoms. The molecular weight excluding hydrogens is 259 g/mol. The zero-order valence-electron chi connectivity index (χ0n) is 9.61. The first-order valence-electron chi connectivity index (χ1n) is 5.27. The lowest BCUT2D eigenvalue weighted by molar-refractivity contribution is -0.138. The molecule has 1 aromatic carbocycles. The maximum atomic E-state index is 12.8. The topological polar surface area (TPSA) is 60.2 Å². The summed E-state index contributed by atoms with van der Waals surface area (Å²) in [7, 11) is 0. The first kappa shape index (κ1) is 13.2. The second kappa shape index (κ2) is 5.15. The van der Waals surface area contributed by atoms with Crippen molar-refractivity contribution in [2.45, 2.75) is 6.18 Å². The van der Waals surface area contributed by atoms with Crippen molar-refractivity contribution in [3.63, 3.8) is 0 Å². The molecule has 2 aromatic rings. The van der Waals surface area contributed by atoms with Gasteiger partial charge in [0.15, 0.2) is 0 Å². The number of hydrogen-bond acceptors (Lipinski definition) is 4. The summed E-state index contributed by atoms with van der Waals surface area (Å²) in [4.78, 5) is 3.83. The highest BCUT2D eigenvalue weighted by Gasteiger charge is 2.34. The van der Waals surface area contributed by atoms with Gasteiger partial charge < -0.3 is 10.2 Å². The molecule has 0 aliphatic rings. The lowest BCUT2D eigenvalue weighted by Crippen LogP contribution is -2.09. The molecule has 2 rings (SSSR count). The largest absolute Gasteiger partial charge is 0.457 e. The van der Waals surface area contributed by atoms with Gasteiger partial charge in [0.25, 0.3) is 0 Å². The van der Waals surface area contributed by atoms with Gasteiger partial charge in [0.2, 0.25) is 0 Å². The monoisotopic (exact) mass is 269 g/mol. The molecule has 0 saturated heterocycles. The fourth-order valence-corrected chi connectivity index (χ4v) is 1.47. The van der Waals surface area contributed by atoms with Gasteiger partial charge in [0, 0.05) is 12.3 Å². The van der Waals surface area contributed by atoms with Crippen molar-refractivity contribution in [2.75, 3.05) is 5.43 Å². The Bertz CT molecular complexity index is 572. The number of hydrazine groups is 1. The maximum absolute atomic E-state index is 12.8. The van der Waals surface area contributed by atoms with Gasteiger partial charge in [-0.05, 0) is 18.2 Å².